The second kappa shape index (κ2) is 6.98. The third-order valence-electron chi connectivity index (χ3n) is 2.42. The summed E-state index contributed by atoms with van der Waals surface area (Å²) in [5.74, 6) is 2.94. The maximum absolute atomic E-state index is 12.1. The van der Waals surface area contributed by atoms with Gasteiger partial charge in [-0.05, 0) is 24.1 Å². The van der Waals surface area contributed by atoms with E-state index in [-0.39, 0.29) is 5.91 Å². The fraction of sp³-hybridized carbons (Fsp3) is 0.357. The van der Waals surface area contributed by atoms with Crippen molar-refractivity contribution in [3.63, 3.8) is 0 Å². The Morgan fingerprint density at radius 3 is 2.53 bits per heavy atom. The summed E-state index contributed by atoms with van der Waals surface area (Å²) in [6.45, 7) is 3.05. The summed E-state index contributed by atoms with van der Waals surface area (Å²) in [5, 5.41) is 0. The number of carbonyl (C=O) groups excluding carboxylic acids is 1. The molecule has 0 aromatic heterocycles. The Balaban J connectivity index is 2.81. The van der Waals surface area contributed by atoms with E-state index >= 15 is 0 Å². The maximum atomic E-state index is 12.1. The van der Waals surface area contributed by atoms with Crippen LogP contribution in [0.2, 0.25) is 0 Å². The molecule has 0 saturated carbocycles. The van der Waals surface area contributed by atoms with Crippen molar-refractivity contribution in [3.8, 4) is 12.3 Å². The van der Waals surface area contributed by atoms with Crippen LogP contribution in [0.15, 0.2) is 24.3 Å². The molecule has 3 heteroatoms. The molecule has 0 N–H and O–H groups in total. The number of rotatable bonds is 5. The summed E-state index contributed by atoms with van der Waals surface area (Å²) >= 11 is 5.70. The van der Waals surface area contributed by atoms with Gasteiger partial charge in [0, 0.05) is 18.0 Å². The standard InChI is InChI=1S/C14H16ClNO/c1-3-9-16(10-4-2)14(17)13-7-5-12(11-15)6-8-13/h1,5-8H,4,9-11H2,2H3. The van der Waals surface area contributed by atoms with E-state index in [2.05, 4.69) is 5.92 Å². The van der Waals surface area contributed by atoms with Crippen molar-refractivity contribution >= 4 is 17.5 Å². The van der Waals surface area contributed by atoms with E-state index in [0.717, 1.165) is 12.0 Å². The van der Waals surface area contributed by atoms with Crippen molar-refractivity contribution in [1.29, 1.82) is 0 Å². The van der Waals surface area contributed by atoms with Crippen molar-refractivity contribution in [2.24, 2.45) is 0 Å². The Kier molecular flexibility index (Phi) is 5.59. The van der Waals surface area contributed by atoms with Gasteiger partial charge in [-0.15, -0.1) is 18.0 Å². The summed E-state index contributed by atoms with van der Waals surface area (Å²) in [4.78, 5) is 13.8. The molecule has 1 aromatic carbocycles. The summed E-state index contributed by atoms with van der Waals surface area (Å²) in [5.41, 5.74) is 1.66. The molecule has 0 fully saturated rings. The first-order chi connectivity index (χ1) is 8.22. The molecule has 2 nitrogen and oxygen atoms in total. The first kappa shape index (κ1) is 13.6. The quantitative estimate of drug-likeness (QED) is 0.581. The number of hydrogen-bond donors (Lipinski definition) is 0. The molecule has 17 heavy (non-hydrogen) atoms. The summed E-state index contributed by atoms with van der Waals surface area (Å²) < 4.78 is 0. The van der Waals surface area contributed by atoms with Gasteiger partial charge in [-0.25, -0.2) is 0 Å². The predicted octanol–water partition coefficient (Wildman–Crippen LogP) is 2.91. The van der Waals surface area contributed by atoms with Crippen LogP contribution in [0.5, 0.6) is 0 Å². The van der Waals surface area contributed by atoms with E-state index in [1.165, 1.54) is 0 Å². The molecule has 1 amide bonds. The van der Waals surface area contributed by atoms with Crippen LogP contribution in [0.3, 0.4) is 0 Å². The molecular formula is C14H16ClNO. The highest BCUT2D eigenvalue weighted by molar-refractivity contribution is 6.17. The van der Waals surface area contributed by atoms with Crippen LogP contribution >= 0.6 is 11.6 Å². The maximum Gasteiger partial charge on any atom is 0.254 e. The second-order valence-corrected chi connectivity index (χ2v) is 4.03. The summed E-state index contributed by atoms with van der Waals surface area (Å²) in [6, 6.07) is 7.30. The van der Waals surface area contributed by atoms with Crippen LogP contribution in [0.1, 0.15) is 29.3 Å². The van der Waals surface area contributed by atoms with Crippen molar-refractivity contribution in [2.45, 2.75) is 19.2 Å². The molecule has 0 aliphatic heterocycles. The van der Waals surface area contributed by atoms with E-state index in [4.69, 9.17) is 18.0 Å². The lowest BCUT2D eigenvalue weighted by molar-refractivity contribution is 0.0777. The van der Waals surface area contributed by atoms with Crippen LogP contribution < -0.4 is 0 Å². The van der Waals surface area contributed by atoms with Gasteiger partial charge >= 0.3 is 0 Å². The number of nitrogens with zero attached hydrogens (tertiary/aromatic N) is 1. The molecule has 0 heterocycles. The third-order valence-corrected chi connectivity index (χ3v) is 2.73. The van der Waals surface area contributed by atoms with E-state index < -0.39 is 0 Å². The lowest BCUT2D eigenvalue weighted by Crippen LogP contribution is -2.32. The fourth-order valence-electron chi connectivity index (χ4n) is 1.55. The predicted molar refractivity (Wildman–Crippen MR) is 71.0 cm³/mol. The molecule has 0 bridgehead atoms. The Labute approximate surface area is 108 Å². The van der Waals surface area contributed by atoms with Crippen molar-refractivity contribution in [3.05, 3.63) is 35.4 Å². The number of benzene rings is 1. The molecule has 1 aromatic rings. The zero-order valence-corrected chi connectivity index (χ0v) is 10.7. The smallest absolute Gasteiger partial charge is 0.254 e. The lowest BCUT2D eigenvalue weighted by atomic mass is 10.1. The highest BCUT2D eigenvalue weighted by Crippen LogP contribution is 2.09. The zero-order valence-electron chi connectivity index (χ0n) is 9.95. The SMILES string of the molecule is C#CCN(CCC)C(=O)c1ccc(CCl)cc1. The number of carbonyl (C=O) groups is 1. The topological polar surface area (TPSA) is 20.3 Å². The minimum Gasteiger partial charge on any atom is -0.328 e. The number of terminal acetylenes is 1. The van der Waals surface area contributed by atoms with Gasteiger partial charge < -0.3 is 4.90 Å². The van der Waals surface area contributed by atoms with Gasteiger partial charge in [0.05, 0.1) is 6.54 Å². The van der Waals surface area contributed by atoms with E-state index in [0.29, 0.717) is 24.5 Å². The first-order valence-corrected chi connectivity index (χ1v) is 6.14. The van der Waals surface area contributed by atoms with Gasteiger partial charge in [0.1, 0.15) is 0 Å². The van der Waals surface area contributed by atoms with E-state index in [1.807, 2.05) is 19.1 Å². The van der Waals surface area contributed by atoms with Gasteiger partial charge in [0.2, 0.25) is 0 Å². The lowest BCUT2D eigenvalue weighted by Gasteiger charge is -2.19. The molecule has 1 rings (SSSR count). The Hall–Kier alpha value is -1.46. The second-order valence-electron chi connectivity index (χ2n) is 3.76. The average Bonchev–Trinajstić information content (AvgIpc) is 2.38. The Morgan fingerprint density at radius 1 is 1.41 bits per heavy atom. The Morgan fingerprint density at radius 2 is 2.06 bits per heavy atom. The molecule has 0 radical (unpaired) electrons. The van der Waals surface area contributed by atoms with E-state index in [9.17, 15) is 4.79 Å². The molecule has 0 aliphatic rings. The average molecular weight is 250 g/mol. The fourth-order valence-corrected chi connectivity index (χ4v) is 1.73. The van der Waals surface area contributed by atoms with Gasteiger partial charge in [0.15, 0.2) is 0 Å². The minimum absolute atomic E-state index is 0.0223. The van der Waals surface area contributed by atoms with Crippen molar-refractivity contribution in [2.75, 3.05) is 13.1 Å². The van der Waals surface area contributed by atoms with Crippen LogP contribution in [-0.4, -0.2) is 23.9 Å². The zero-order chi connectivity index (χ0) is 12.7. The summed E-state index contributed by atoms with van der Waals surface area (Å²) in [7, 11) is 0. The molecule has 0 atom stereocenters. The van der Waals surface area contributed by atoms with Crippen molar-refractivity contribution < 1.29 is 4.79 Å². The monoisotopic (exact) mass is 249 g/mol. The molecule has 0 unspecified atom stereocenters. The molecular weight excluding hydrogens is 234 g/mol. The first-order valence-electron chi connectivity index (χ1n) is 5.60. The number of amides is 1. The van der Waals surface area contributed by atoms with Crippen LogP contribution in [0.25, 0.3) is 0 Å². The van der Waals surface area contributed by atoms with Crippen LogP contribution in [0, 0.1) is 12.3 Å². The molecule has 0 saturated heterocycles. The summed E-state index contributed by atoms with van der Waals surface area (Å²) in [6.07, 6.45) is 6.16. The molecule has 0 aliphatic carbocycles. The van der Waals surface area contributed by atoms with Gasteiger partial charge in [-0.3, -0.25) is 4.79 Å². The highest BCUT2D eigenvalue weighted by atomic mass is 35.5. The molecule has 90 valence electrons. The number of alkyl halides is 1. The van der Waals surface area contributed by atoms with Crippen LogP contribution in [-0.2, 0) is 5.88 Å². The number of halogens is 1. The number of hydrogen-bond acceptors (Lipinski definition) is 1. The Bertz CT molecular complexity index is 405. The molecule has 0 spiro atoms. The normalized spacial score (nSPS) is 9.71. The minimum atomic E-state index is -0.0223. The van der Waals surface area contributed by atoms with Crippen LogP contribution in [0.4, 0.5) is 0 Å². The van der Waals surface area contributed by atoms with Crippen molar-refractivity contribution in [1.82, 2.24) is 4.90 Å². The van der Waals surface area contributed by atoms with E-state index in [1.54, 1.807) is 17.0 Å². The third kappa shape index (κ3) is 3.80. The highest BCUT2D eigenvalue weighted by Gasteiger charge is 2.13. The van der Waals surface area contributed by atoms with Gasteiger partial charge in [-0.1, -0.05) is 25.0 Å². The van der Waals surface area contributed by atoms with Gasteiger partial charge in [-0.2, -0.15) is 0 Å². The van der Waals surface area contributed by atoms with Gasteiger partial charge in [0.25, 0.3) is 5.91 Å². The largest absolute Gasteiger partial charge is 0.328 e.